The Morgan fingerprint density at radius 2 is 2.08 bits per heavy atom. The number of rotatable bonds is 5. The number of ether oxygens (including phenoxy) is 1. The molecule has 0 spiro atoms. The number of nitrogens with one attached hydrogen (secondary N) is 1. The van der Waals surface area contributed by atoms with Gasteiger partial charge in [0.2, 0.25) is 5.91 Å². The molecule has 0 aliphatic carbocycles. The van der Waals surface area contributed by atoms with Crippen LogP contribution in [0.2, 0.25) is 0 Å². The fourth-order valence-electron chi connectivity index (χ4n) is 2.72. The number of hydrogen-bond acceptors (Lipinski definition) is 4. The van der Waals surface area contributed by atoms with E-state index in [0.717, 1.165) is 29.7 Å². The summed E-state index contributed by atoms with van der Waals surface area (Å²) in [6.45, 7) is 0.642. The van der Waals surface area contributed by atoms with Gasteiger partial charge in [0.05, 0.1) is 22.6 Å². The van der Waals surface area contributed by atoms with E-state index in [-0.39, 0.29) is 23.9 Å². The second-order valence-corrected chi connectivity index (χ2v) is 6.53. The number of nitrogens with two attached hydrogens (primary N) is 1. The number of amides is 2. The molecule has 2 amide bonds. The minimum absolute atomic E-state index is 0.157. The van der Waals surface area contributed by atoms with Gasteiger partial charge in [0, 0.05) is 12.0 Å². The number of thiophene rings is 1. The molecule has 7 heteroatoms. The molecule has 3 N–H and O–H groups in total. The van der Waals surface area contributed by atoms with E-state index < -0.39 is 5.91 Å². The Balaban J connectivity index is 1.81. The quantitative estimate of drug-likeness (QED) is 0.871. The van der Waals surface area contributed by atoms with Crippen LogP contribution >= 0.6 is 11.3 Å². The van der Waals surface area contributed by atoms with Crippen LogP contribution in [0.1, 0.15) is 44.5 Å². The lowest BCUT2D eigenvalue weighted by Crippen LogP contribution is -2.35. The van der Waals surface area contributed by atoms with E-state index in [1.165, 1.54) is 18.2 Å². The number of primary amides is 1. The summed E-state index contributed by atoms with van der Waals surface area (Å²) in [5.41, 5.74) is 6.30. The maximum Gasteiger partial charge on any atom is 0.261 e. The topological polar surface area (TPSA) is 81.4 Å². The van der Waals surface area contributed by atoms with Crippen molar-refractivity contribution in [1.82, 2.24) is 5.32 Å². The van der Waals surface area contributed by atoms with Crippen LogP contribution in [-0.2, 0) is 4.74 Å². The molecule has 1 aromatic carbocycles. The monoisotopic (exact) mass is 348 g/mol. The minimum atomic E-state index is -0.570. The van der Waals surface area contributed by atoms with Crippen molar-refractivity contribution in [1.29, 1.82) is 0 Å². The SMILES string of the molecule is NC(=O)c1csc(C(=O)N[C@@H](c2ccc(F)cc2)[C@H]2CCCO2)c1. The van der Waals surface area contributed by atoms with E-state index in [1.807, 2.05) is 0 Å². The first-order valence-electron chi connectivity index (χ1n) is 7.61. The van der Waals surface area contributed by atoms with Crippen LogP contribution in [0, 0.1) is 5.82 Å². The number of hydrogen-bond donors (Lipinski definition) is 2. The van der Waals surface area contributed by atoms with Crippen molar-refractivity contribution in [2.75, 3.05) is 6.61 Å². The first kappa shape index (κ1) is 16.6. The van der Waals surface area contributed by atoms with Gasteiger partial charge >= 0.3 is 0 Å². The summed E-state index contributed by atoms with van der Waals surface area (Å²) in [4.78, 5) is 24.1. The van der Waals surface area contributed by atoms with Crippen LogP contribution in [0.4, 0.5) is 4.39 Å². The molecular formula is C17H17FN2O3S. The zero-order chi connectivity index (χ0) is 17.1. The third kappa shape index (κ3) is 3.63. The van der Waals surface area contributed by atoms with Gasteiger partial charge in [-0.15, -0.1) is 11.3 Å². The maximum absolute atomic E-state index is 13.2. The third-order valence-corrected chi connectivity index (χ3v) is 4.89. The fourth-order valence-corrected chi connectivity index (χ4v) is 3.52. The lowest BCUT2D eigenvalue weighted by Gasteiger charge is -2.24. The molecule has 1 aliphatic rings. The first-order valence-corrected chi connectivity index (χ1v) is 8.49. The molecule has 2 heterocycles. The zero-order valence-electron chi connectivity index (χ0n) is 12.8. The highest BCUT2D eigenvalue weighted by molar-refractivity contribution is 7.12. The van der Waals surface area contributed by atoms with Crippen molar-refractivity contribution in [2.45, 2.75) is 25.0 Å². The fraction of sp³-hybridized carbons (Fsp3) is 0.294. The highest BCUT2D eigenvalue weighted by Crippen LogP contribution is 2.28. The van der Waals surface area contributed by atoms with Gasteiger partial charge in [-0.1, -0.05) is 12.1 Å². The van der Waals surface area contributed by atoms with Gasteiger partial charge in [0.25, 0.3) is 5.91 Å². The van der Waals surface area contributed by atoms with Gasteiger partial charge < -0.3 is 15.8 Å². The summed E-state index contributed by atoms with van der Waals surface area (Å²) in [5, 5.41) is 4.49. The van der Waals surface area contributed by atoms with E-state index in [1.54, 1.807) is 17.5 Å². The lowest BCUT2D eigenvalue weighted by atomic mass is 9.99. The average molecular weight is 348 g/mol. The standard InChI is InChI=1S/C17H17FN2O3S/c18-12-5-3-10(4-6-12)15(13-2-1-7-23-13)20-17(22)14-8-11(9-24-14)16(19)21/h3-6,8-9,13,15H,1-2,7H2,(H2,19,21)(H,20,22)/t13-,15+/m1/s1. The Hall–Kier alpha value is -2.25. The summed E-state index contributed by atoms with van der Waals surface area (Å²) in [6.07, 6.45) is 1.58. The van der Waals surface area contributed by atoms with E-state index in [4.69, 9.17) is 10.5 Å². The van der Waals surface area contributed by atoms with Crippen molar-refractivity contribution < 1.29 is 18.7 Å². The van der Waals surface area contributed by atoms with Crippen LogP contribution in [0.15, 0.2) is 35.7 Å². The second-order valence-electron chi connectivity index (χ2n) is 5.62. The van der Waals surface area contributed by atoms with Gasteiger partial charge in [-0.25, -0.2) is 4.39 Å². The molecule has 24 heavy (non-hydrogen) atoms. The largest absolute Gasteiger partial charge is 0.376 e. The molecule has 0 radical (unpaired) electrons. The summed E-state index contributed by atoms with van der Waals surface area (Å²) >= 11 is 1.15. The van der Waals surface area contributed by atoms with Crippen LogP contribution in [0.3, 0.4) is 0 Å². The number of carbonyl (C=O) groups is 2. The van der Waals surface area contributed by atoms with Crippen molar-refractivity contribution in [3.63, 3.8) is 0 Å². The molecular weight excluding hydrogens is 331 g/mol. The molecule has 1 aromatic heterocycles. The molecule has 0 saturated carbocycles. The third-order valence-electron chi connectivity index (χ3n) is 3.96. The molecule has 0 bridgehead atoms. The Labute approximate surface area is 142 Å². The highest BCUT2D eigenvalue weighted by atomic mass is 32.1. The zero-order valence-corrected chi connectivity index (χ0v) is 13.6. The first-order chi connectivity index (χ1) is 11.5. The molecule has 1 fully saturated rings. The molecule has 3 rings (SSSR count). The van der Waals surface area contributed by atoms with Crippen molar-refractivity contribution in [3.05, 3.63) is 57.5 Å². The van der Waals surface area contributed by atoms with Gasteiger partial charge in [0.15, 0.2) is 0 Å². The van der Waals surface area contributed by atoms with Crippen molar-refractivity contribution in [3.8, 4) is 0 Å². The number of benzene rings is 1. The molecule has 2 aromatic rings. The van der Waals surface area contributed by atoms with Crippen LogP contribution < -0.4 is 11.1 Å². The van der Waals surface area contributed by atoms with Gasteiger partial charge in [-0.3, -0.25) is 9.59 Å². The van der Waals surface area contributed by atoms with Crippen LogP contribution in [-0.4, -0.2) is 24.5 Å². The summed E-state index contributed by atoms with van der Waals surface area (Å²) < 4.78 is 18.9. The van der Waals surface area contributed by atoms with Crippen molar-refractivity contribution >= 4 is 23.2 Å². The normalized spacial score (nSPS) is 18.3. The number of halogens is 1. The predicted molar refractivity (Wildman–Crippen MR) is 88.4 cm³/mol. The predicted octanol–water partition coefficient (Wildman–Crippen LogP) is 2.64. The van der Waals surface area contributed by atoms with Crippen LogP contribution in [0.25, 0.3) is 0 Å². The van der Waals surface area contributed by atoms with Crippen LogP contribution in [0.5, 0.6) is 0 Å². The molecule has 1 saturated heterocycles. The maximum atomic E-state index is 13.2. The lowest BCUT2D eigenvalue weighted by molar-refractivity contribution is 0.0674. The summed E-state index contributed by atoms with van der Waals surface area (Å²) in [5.74, 6) is -1.21. The second kappa shape index (κ2) is 7.11. The van der Waals surface area contributed by atoms with E-state index >= 15 is 0 Å². The van der Waals surface area contributed by atoms with E-state index in [9.17, 15) is 14.0 Å². The Bertz CT molecular complexity index is 739. The Morgan fingerprint density at radius 3 is 2.67 bits per heavy atom. The molecule has 2 atom stereocenters. The van der Waals surface area contributed by atoms with E-state index in [0.29, 0.717) is 17.0 Å². The number of carbonyl (C=O) groups excluding carboxylic acids is 2. The molecule has 1 aliphatic heterocycles. The average Bonchev–Trinajstić information content (AvgIpc) is 3.25. The summed E-state index contributed by atoms with van der Waals surface area (Å²) in [7, 11) is 0. The highest BCUT2D eigenvalue weighted by Gasteiger charge is 2.29. The Kier molecular flexibility index (Phi) is 4.92. The summed E-state index contributed by atoms with van der Waals surface area (Å²) in [6, 6.07) is 7.11. The van der Waals surface area contributed by atoms with Gasteiger partial charge in [0.1, 0.15) is 5.82 Å². The Morgan fingerprint density at radius 1 is 1.33 bits per heavy atom. The van der Waals surface area contributed by atoms with Gasteiger partial charge in [-0.05, 0) is 36.6 Å². The smallest absolute Gasteiger partial charge is 0.261 e. The molecule has 5 nitrogen and oxygen atoms in total. The van der Waals surface area contributed by atoms with E-state index in [2.05, 4.69) is 5.32 Å². The van der Waals surface area contributed by atoms with Gasteiger partial charge in [-0.2, -0.15) is 0 Å². The minimum Gasteiger partial charge on any atom is -0.376 e. The molecule has 126 valence electrons. The molecule has 0 unspecified atom stereocenters. The van der Waals surface area contributed by atoms with Crippen molar-refractivity contribution in [2.24, 2.45) is 5.73 Å².